The Bertz CT molecular complexity index is 1530. The Labute approximate surface area is 203 Å². The zero-order chi connectivity index (χ0) is 23.6. The smallest absolute Gasteiger partial charge is 0.272 e. The molecule has 0 unspecified atom stereocenters. The predicted octanol–water partition coefficient (Wildman–Crippen LogP) is 4.03. The van der Waals surface area contributed by atoms with Gasteiger partial charge in [0.15, 0.2) is 0 Å². The number of fused-ring (bicyclic) bond motifs is 3. The summed E-state index contributed by atoms with van der Waals surface area (Å²) in [6, 6.07) is 11.6. The van der Waals surface area contributed by atoms with E-state index in [1.165, 1.54) is 0 Å². The van der Waals surface area contributed by atoms with E-state index in [1.807, 2.05) is 42.3 Å². The van der Waals surface area contributed by atoms with Crippen LogP contribution in [0.5, 0.6) is 0 Å². The highest BCUT2D eigenvalue weighted by Crippen LogP contribution is 2.56. The molecular formula is C25H23BrN6O2. The van der Waals surface area contributed by atoms with Gasteiger partial charge in [-0.3, -0.25) is 19.2 Å². The summed E-state index contributed by atoms with van der Waals surface area (Å²) in [5.74, 6) is 0.804. The molecule has 2 aromatic carbocycles. The summed E-state index contributed by atoms with van der Waals surface area (Å²) in [7, 11) is 1.85. The van der Waals surface area contributed by atoms with Crippen molar-refractivity contribution in [2.75, 3.05) is 4.90 Å². The number of nitrogens with zero attached hydrogens (tertiary/aromatic N) is 4. The van der Waals surface area contributed by atoms with Crippen LogP contribution < -0.4 is 16.2 Å². The molecule has 172 valence electrons. The molecule has 34 heavy (non-hydrogen) atoms. The number of aromatic nitrogens is 4. The van der Waals surface area contributed by atoms with E-state index in [-0.39, 0.29) is 18.0 Å². The molecule has 3 heterocycles. The van der Waals surface area contributed by atoms with E-state index in [0.29, 0.717) is 22.3 Å². The van der Waals surface area contributed by atoms with Gasteiger partial charge in [-0.25, -0.2) is 5.10 Å². The standard InChI is InChI=1S/C25H23BrN6O2/c1-31-23(32-20-6-4-5-18(26)21(20)25(24(32)34)9-2-3-10-25)17(13-28-31)14-7-8-15-16(11-14)19(12-27)29-30-22(15)33/h4-8,11,13H,2-3,9-10,12,27H2,1H3,(H,30,33). The second-order valence-corrected chi connectivity index (χ2v) is 9.89. The molecule has 0 bridgehead atoms. The normalized spacial score (nSPS) is 16.7. The second-order valence-electron chi connectivity index (χ2n) is 9.03. The summed E-state index contributed by atoms with van der Waals surface area (Å²) >= 11 is 3.73. The highest BCUT2D eigenvalue weighted by molar-refractivity contribution is 9.10. The van der Waals surface area contributed by atoms with Gasteiger partial charge >= 0.3 is 0 Å². The molecule has 1 aliphatic heterocycles. The number of hydrogen-bond donors (Lipinski definition) is 2. The average Bonchev–Trinajstić information content (AvgIpc) is 3.53. The minimum atomic E-state index is -0.510. The van der Waals surface area contributed by atoms with Gasteiger partial charge < -0.3 is 5.73 Å². The molecule has 1 spiro atoms. The van der Waals surface area contributed by atoms with Crippen molar-refractivity contribution in [3.8, 4) is 11.1 Å². The molecule has 1 fully saturated rings. The summed E-state index contributed by atoms with van der Waals surface area (Å²) in [6.07, 6.45) is 5.52. The highest BCUT2D eigenvalue weighted by atomic mass is 79.9. The van der Waals surface area contributed by atoms with Crippen LogP contribution in [0.3, 0.4) is 0 Å². The molecule has 1 saturated carbocycles. The Morgan fingerprint density at radius 1 is 1.15 bits per heavy atom. The van der Waals surface area contributed by atoms with Gasteiger partial charge in [-0.05, 0) is 42.7 Å². The van der Waals surface area contributed by atoms with E-state index < -0.39 is 5.41 Å². The maximum atomic E-state index is 14.1. The van der Waals surface area contributed by atoms with Gasteiger partial charge in [-0.2, -0.15) is 10.2 Å². The predicted molar refractivity (Wildman–Crippen MR) is 134 cm³/mol. The monoisotopic (exact) mass is 518 g/mol. The van der Waals surface area contributed by atoms with Crippen LogP contribution in [0.1, 0.15) is 36.9 Å². The lowest BCUT2D eigenvalue weighted by Crippen LogP contribution is -2.37. The Balaban J connectivity index is 1.58. The van der Waals surface area contributed by atoms with Gasteiger partial charge in [0.2, 0.25) is 5.91 Å². The number of H-pyrrole nitrogens is 1. The summed E-state index contributed by atoms with van der Waals surface area (Å²) < 4.78 is 2.71. The zero-order valence-electron chi connectivity index (χ0n) is 18.6. The Morgan fingerprint density at radius 3 is 2.71 bits per heavy atom. The number of benzene rings is 2. The molecule has 0 atom stereocenters. The quantitative estimate of drug-likeness (QED) is 0.425. The first-order valence-corrected chi connectivity index (χ1v) is 12.1. The fourth-order valence-corrected chi connectivity index (χ4v) is 6.43. The minimum absolute atomic E-state index is 0.0956. The molecule has 8 nitrogen and oxygen atoms in total. The molecule has 0 radical (unpaired) electrons. The number of nitrogens with two attached hydrogens (primary N) is 1. The maximum absolute atomic E-state index is 14.1. The SMILES string of the molecule is Cn1ncc(-c2ccc3c(=O)[nH]nc(CN)c3c2)c1N1C(=O)C2(CCCC2)c2c(Br)cccc21. The average molecular weight is 519 g/mol. The molecule has 2 aliphatic rings. The van der Waals surface area contributed by atoms with Crippen LogP contribution in [0.2, 0.25) is 0 Å². The van der Waals surface area contributed by atoms with Crippen LogP contribution in [0.15, 0.2) is 51.9 Å². The van der Waals surface area contributed by atoms with E-state index in [9.17, 15) is 9.59 Å². The van der Waals surface area contributed by atoms with Crippen LogP contribution in [0.25, 0.3) is 21.9 Å². The second kappa shape index (κ2) is 7.61. The first kappa shape index (κ1) is 21.2. The molecule has 4 aromatic rings. The molecule has 3 N–H and O–H groups in total. The number of halogens is 1. The third-order valence-electron chi connectivity index (χ3n) is 7.27. The van der Waals surface area contributed by atoms with Crippen molar-refractivity contribution in [2.24, 2.45) is 12.8 Å². The summed E-state index contributed by atoms with van der Waals surface area (Å²) in [5, 5.41) is 12.4. The molecule has 0 saturated heterocycles. The molecule has 6 rings (SSSR count). The number of carbonyl (C=O) groups excluding carboxylic acids is 1. The van der Waals surface area contributed by atoms with Crippen molar-refractivity contribution in [1.82, 2.24) is 20.0 Å². The highest BCUT2D eigenvalue weighted by Gasteiger charge is 2.54. The zero-order valence-corrected chi connectivity index (χ0v) is 20.2. The van der Waals surface area contributed by atoms with Gasteiger partial charge in [0.25, 0.3) is 5.56 Å². The molecule has 1 aliphatic carbocycles. The van der Waals surface area contributed by atoms with Gasteiger partial charge in [0.1, 0.15) is 5.82 Å². The third-order valence-corrected chi connectivity index (χ3v) is 7.93. The van der Waals surface area contributed by atoms with Crippen LogP contribution >= 0.6 is 15.9 Å². The number of aromatic amines is 1. The summed E-state index contributed by atoms with van der Waals surface area (Å²) in [4.78, 5) is 28.3. The number of aryl methyl sites for hydroxylation is 1. The minimum Gasteiger partial charge on any atom is -0.325 e. The van der Waals surface area contributed by atoms with Crippen LogP contribution in [-0.2, 0) is 23.8 Å². The van der Waals surface area contributed by atoms with Crippen molar-refractivity contribution in [2.45, 2.75) is 37.6 Å². The Morgan fingerprint density at radius 2 is 1.94 bits per heavy atom. The topological polar surface area (TPSA) is 110 Å². The first-order valence-electron chi connectivity index (χ1n) is 11.3. The number of amides is 1. The fraction of sp³-hybridized carbons (Fsp3) is 0.280. The lowest BCUT2D eigenvalue weighted by atomic mass is 9.80. The number of rotatable bonds is 3. The fourth-order valence-electron chi connectivity index (χ4n) is 5.70. The largest absolute Gasteiger partial charge is 0.325 e. The van der Waals surface area contributed by atoms with E-state index in [4.69, 9.17) is 5.73 Å². The van der Waals surface area contributed by atoms with Crippen molar-refractivity contribution in [3.05, 3.63) is 68.7 Å². The summed E-state index contributed by atoms with van der Waals surface area (Å²) in [6.45, 7) is 0.200. The van der Waals surface area contributed by atoms with E-state index in [0.717, 1.165) is 52.5 Å². The van der Waals surface area contributed by atoms with E-state index >= 15 is 0 Å². The van der Waals surface area contributed by atoms with Gasteiger partial charge in [-0.1, -0.05) is 40.9 Å². The molecule has 1 amide bonds. The van der Waals surface area contributed by atoms with E-state index in [2.05, 4.69) is 31.2 Å². The summed E-state index contributed by atoms with van der Waals surface area (Å²) in [5.41, 5.74) is 9.34. The first-order chi connectivity index (χ1) is 16.5. The Hall–Kier alpha value is -3.30. The number of nitrogens with one attached hydrogen (secondary N) is 1. The van der Waals surface area contributed by atoms with Crippen molar-refractivity contribution in [3.63, 3.8) is 0 Å². The third kappa shape index (κ3) is 2.80. The molecular weight excluding hydrogens is 496 g/mol. The van der Waals surface area contributed by atoms with E-state index in [1.54, 1.807) is 16.9 Å². The van der Waals surface area contributed by atoms with Crippen molar-refractivity contribution in [1.29, 1.82) is 0 Å². The van der Waals surface area contributed by atoms with Crippen LogP contribution in [-0.4, -0.2) is 25.9 Å². The lowest BCUT2D eigenvalue weighted by molar-refractivity contribution is -0.122. The lowest BCUT2D eigenvalue weighted by Gasteiger charge is -2.24. The van der Waals surface area contributed by atoms with Gasteiger partial charge in [0, 0.05) is 34.6 Å². The molecule has 9 heteroatoms. The van der Waals surface area contributed by atoms with Crippen LogP contribution in [0.4, 0.5) is 11.5 Å². The van der Waals surface area contributed by atoms with Gasteiger partial charge in [0.05, 0.1) is 28.4 Å². The van der Waals surface area contributed by atoms with Crippen molar-refractivity contribution >= 4 is 44.1 Å². The maximum Gasteiger partial charge on any atom is 0.272 e. The number of hydrogen-bond acceptors (Lipinski definition) is 5. The van der Waals surface area contributed by atoms with Gasteiger partial charge in [-0.15, -0.1) is 0 Å². The number of anilines is 2. The van der Waals surface area contributed by atoms with Crippen molar-refractivity contribution < 1.29 is 4.79 Å². The molecule has 2 aromatic heterocycles. The number of carbonyl (C=O) groups is 1. The van der Waals surface area contributed by atoms with Crippen LogP contribution in [0, 0.1) is 0 Å². The Kier molecular flexibility index (Phi) is 4.76.